The van der Waals surface area contributed by atoms with Gasteiger partial charge in [0.25, 0.3) is 0 Å². The van der Waals surface area contributed by atoms with E-state index in [-0.39, 0.29) is 45.1 Å². The molecule has 0 fully saturated rings. The van der Waals surface area contributed by atoms with E-state index in [0.717, 1.165) is 0 Å². The van der Waals surface area contributed by atoms with Crippen LogP contribution in [0.1, 0.15) is 19.8 Å². The number of ether oxygens (including phenoxy) is 4. The van der Waals surface area contributed by atoms with Crippen molar-refractivity contribution in [3.8, 4) is 0 Å². The maximum absolute atomic E-state index is 11.5. The first-order valence-corrected chi connectivity index (χ1v) is 7.17. The van der Waals surface area contributed by atoms with Crippen LogP contribution < -0.4 is 5.32 Å². The quantitative estimate of drug-likeness (QED) is 0.352. The Labute approximate surface area is 135 Å². The molecule has 2 unspecified atom stereocenters. The van der Waals surface area contributed by atoms with E-state index >= 15 is 0 Å². The summed E-state index contributed by atoms with van der Waals surface area (Å²) in [5.41, 5.74) is 0. The predicted octanol–water partition coefficient (Wildman–Crippen LogP) is -0.783. The lowest BCUT2D eigenvalue weighted by Gasteiger charge is -2.18. The number of esters is 2. The summed E-state index contributed by atoms with van der Waals surface area (Å²) in [6.07, 6.45) is -0.965. The monoisotopic (exact) mass is 335 g/mol. The van der Waals surface area contributed by atoms with E-state index < -0.39 is 24.1 Å². The number of carbonyl (C=O) groups excluding carboxylic acids is 3. The molecular formula is C14H25NO8. The van der Waals surface area contributed by atoms with Crippen LogP contribution in [0.15, 0.2) is 0 Å². The summed E-state index contributed by atoms with van der Waals surface area (Å²) in [5, 5.41) is 11.2. The number of aliphatic hydroxyl groups is 1. The van der Waals surface area contributed by atoms with Crippen LogP contribution in [0.5, 0.6) is 0 Å². The molecule has 0 aromatic heterocycles. The summed E-state index contributed by atoms with van der Waals surface area (Å²) in [5.74, 6) is -1.66. The van der Waals surface area contributed by atoms with Crippen molar-refractivity contribution in [2.75, 3.05) is 40.6 Å². The number of hydrogen-bond donors (Lipinski definition) is 2. The Hall–Kier alpha value is -1.71. The molecule has 0 saturated heterocycles. The van der Waals surface area contributed by atoms with Crippen LogP contribution in [0.4, 0.5) is 0 Å². The average molecular weight is 335 g/mol. The maximum atomic E-state index is 11.5. The van der Waals surface area contributed by atoms with Crippen molar-refractivity contribution in [2.24, 2.45) is 5.92 Å². The molecule has 9 nitrogen and oxygen atoms in total. The first kappa shape index (κ1) is 21.3. The van der Waals surface area contributed by atoms with E-state index in [1.54, 1.807) is 6.92 Å². The molecule has 0 saturated carbocycles. The SMILES string of the molecule is COC(=O)CNC(=O)CCC(=O)OCC(OC)OCC(C)CO. The summed E-state index contributed by atoms with van der Waals surface area (Å²) in [4.78, 5) is 33.7. The molecule has 2 N–H and O–H groups in total. The fraction of sp³-hybridized carbons (Fsp3) is 0.786. The molecule has 1 amide bonds. The van der Waals surface area contributed by atoms with Gasteiger partial charge in [-0.1, -0.05) is 6.92 Å². The number of amides is 1. The maximum Gasteiger partial charge on any atom is 0.325 e. The van der Waals surface area contributed by atoms with E-state index in [1.807, 2.05) is 0 Å². The molecule has 2 atom stereocenters. The van der Waals surface area contributed by atoms with Crippen molar-refractivity contribution < 1.29 is 38.4 Å². The first-order valence-electron chi connectivity index (χ1n) is 7.17. The molecule has 0 radical (unpaired) electrons. The van der Waals surface area contributed by atoms with Gasteiger partial charge in [-0.25, -0.2) is 0 Å². The van der Waals surface area contributed by atoms with Crippen molar-refractivity contribution in [1.29, 1.82) is 0 Å². The van der Waals surface area contributed by atoms with Gasteiger partial charge in [0, 0.05) is 26.1 Å². The van der Waals surface area contributed by atoms with E-state index in [0.29, 0.717) is 0 Å². The third-order valence-electron chi connectivity index (χ3n) is 2.74. The molecule has 0 aromatic carbocycles. The van der Waals surface area contributed by atoms with Gasteiger partial charge in [0.05, 0.1) is 20.1 Å². The predicted molar refractivity (Wildman–Crippen MR) is 78.2 cm³/mol. The van der Waals surface area contributed by atoms with E-state index in [1.165, 1.54) is 14.2 Å². The van der Waals surface area contributed by atoms with E-state index in [9.17, 15) is 14.4 Å². The van der Waals surface area contributed by atoms with Crippen LogP contribution >= 0.6 is 0 Å². The summed E-state index contributed by atoms with van der Waals surface area (Å²) in [6.45, 7) is 1.69. The standard InChI is InChI=1S/C14H25NO8/c1-10(7-16)8-23-14(21-3)9-22-12(18)5-4-11(17)15-6-13(19)20-2/h10,14,16H,4-9H2,1-3H3,(H,15,17). The smallest absolute Gasteiger partial charge is 0.325 e. The molecule has 134 valence electrons. The van der Waals surface area contributed by atoms with Gasteiger partial charge in [-0.05, 0) is 0 Å². The molecule has 0 rings (SSSR count). The number of carbonyl (C=O) groups is 3. The summed E-state index contributed by atoms with van der Waals surface area (Å²) in [7, 11) is 2.61. The van der Waals surface area contributed by atoms with Gasteiger partial charge in [-0.3, -0.25) is 14.4 Å². The summed E-state index contributed by atoms with van der Waals surface area (Å²) < 4.78 is 19.6. The highest BCUT2D eigenvalue weighted by molar-refractivity contribution is 5.84. The normalized spacial score (nSPS) is 13.0. The molecule has 0 aliphatic heterocycles. The van der Waals surface area contributed by atoms with Gasteiger partial charge >= 0.3 is 11.9 Å². The third-order valence-corrected chi connectivity index (χ3v) is 2.74. The molecule has 0 aliphatic rings. The van der Waals surface area contributed by atoms with Crippen LogP contribution in [0.2, 0.25) is 0 Å². The molecule has 0 aromatic rings. The Bertz CT molecular complexity index is 374. The first-order chi connectivity index (χ1) is 10.9. The second kappa shape index (κ2) is 12.8. The van der Waals surface area contributed by atoms with Gasteiger partial charge in [-0.2, -0.15) is 0 Å². The third kappa shape index (κ3) is 11.5. The van der Waals surface area contributed by atoms with Crippen molar-refractivity contribution in [3.05, 3.63) is 0 Å². The van der Waals surface area contributed by atoms with Crippen molar-refractivity contribution in [3.63, 3.8) is 0 Å². The zero-order chi connectivity index (χ0) is 17.7. The van der Waals surface area contributed by atoms with E-state index in [2.05, 4.69) is 10.1 Å². The van der Waals surface area contributed by atoms with Crippen LogP contribution in [0, 0.1) is 5.92 Å². The Kier molecular flexibility index (Phi) is 11.8. The minimum absolute atomic E-state index is 0.0170. The Balaban J connectivity index is 3.87. The molecular weight excluding hydrogens is 310 g/mol. The second-order valence-electron chi connectivity index (χ2n) is 4.82. The van der Waals surface area contributed by atoms with Gasteiger partial charge in [0.1, 0.15) is 13.2 Å². The van der Waals surface area contributed by atoms with Gasteiger partial charge in [0.2, 0.25) is 5.91 Å². The molecule has 0 spiro atoms. The highest BCUT2D eigenvalue weighted by Crippen LogP contribution is 2.02. The van der Waals surface area contributed by atoms with Gasteiger partial charge in [0.15, 0.2) is 6.29 Å². The number of rotatable bonds is 12. The Morgan fingerprint density at radius 2 is 1.78 bits per heavy atom. The number of methoxy groups -OCH3 is 2. The van der Waals surface area contributed by atoms with Crippen LogP contribution in [-0.4, -0.2) is 69.8 Å². The lowest BCUT2D eigenvalue weighted by Crippen LogP contribution is -2.31. The van der Waals surface area contributed by atoms with Gasteiger partial charge in [-0.15, -0.1) is 0 Å². The Morgan fingerprint density at radius 1 is 1.09 bits per heavy atom. The highest BCUT2D eigenvalue weighted by Gasteiger charge is 2.14. The zero-order valence-corrected chi connectivity index (χ0v) is 13.7. The minimum Gasteiger partial charge on any atom is -0.468 e. The number of aliphatic hydroxyl groups excluding tert-OH is 1. The van der Waals surface area contributed by atoms with E-state index in [4.69, 9.17) is 19.3 Å². The zero-order valence-electron chi connectivity index (χ0n) is 13.7. The molecule has 0 heterocycles. The highest BCUT2D eigenvalue weighted by atomic mass is 16.7. The largest absolute Gasteiger partial charge is 0.468 e. The van der Waals surface area contributed by atoms with Crippen LogP contribution in [-0.2, 0) is 33.3 Å². The minimum atomic E-state index is -0.735. The number of hydrogen-bond acceptors (Lipinski definition) is 8. The van der Waals surface area contributed by atoms with Gasteiger partial charge < -0.3 is 29.4 Å². The van der Waals surface area contributed by atoms with Crippen molar-refractivity contribution >= 4 is 17.8 Å². The molecule has 23 heavy (non-hydrogen) atoms. The summed E-state index contributed by atoms with van der Waals surface area (Å²) in [6, 6.07) is 0. The second-order valence-corrected chi connectivity index (χ2v) is 4.82. The summed E-state index contributed by atoms with van der Waals surface area (Å²) >= 11 is 0. The number of nitrogens with one attached hydrogen (secondary N) is 1. The molecule has 0 bridgehead atoms. The lowest BCUT2D eigenvalue weighted by atomic mass is 10.2. The fourth-order valence-corrected chi connectivity index (χ4v) is 1.29. The van der Waals surface area contributed by atoms with Crippen molar-refractivity contribution in [1.82, 2.24) is 5.32 Å². The Morgan fingerprint density at radius 3 is 2.35 bits per heavy atom. The molecule has 9 heteroatoms. The van der Waals surface area contributed by atoms with Crippen molar-refractivity contribution in [2.45, 2.75) is 26.1 Å². The van der Waals surface area contributed by atoms with Crippen LogP contribution in [0.3, 0.4) is 0 Å². The topological polar surface area (TPSA) is 120 Å². The van der Waals surface area contributed by atoms with Crippen LogP contribution in [0.25, 0.3) is 0 Å². The fourth-order valence-electron chi connectivity index (χ4n) is 1.29. The lowest BCUT2D eigenvalue weighted by molar-refractivity contribution is -0.178. The average Bonchev–Trinajstić information content (AvgIpc) is 2.57. The molecule has 0 aliphatic carbocycles.